The smallest absolute Gasteiger partial charge is 0.244 e. The molecule has 2 atom stereocenters. The molecule has 0 saturated carbocycles. The van der Waals surface area contributed by atoms with Crippen molar-refractivity contribution in [1.29, 1.82) is 0 Å². The maximum atomic E-state index is 12.7. The van der Waals surface area contributed by atoms with Gasteiger partial charge in [-0.25, -0.2) is 8.42 Å². The Bertz CT molecular complexity index is 595. The van der Waals surface area contributed by atoms with Crippen molar-refractivity contribution >= 4 is 26.0 Å². The summed E-state index contributed by atoms with van der Waals surface area (Å²) in [7, 11) is -0.555. The Hall–Kier alpha value is -0.510. The number of aliphatic hydroxyl groups excluding tert-OH is 1. The number of ether oxygens (including phenoxy) is 2. The SMILES string of the molecule is COC1CN(S(=O)(=O)c2ccc(CO)cc2Br)CC1OC. The van der Waals surface area contributed by atoms with E-state index in [0.717, 1.165) is 0 Å². The molecule has 1 fully saturated rings. The van der Waals surface area contributed by atoms with Crippen LogP contribution in [0.1, 0.15) is 5.56 Å². The van der Waals surface area contributed by atoms with Crippen LogP contribution in [0.4, 0.5) is 0 Å². The van der Waals surface area contributed by atoms with Crippen molar-refractivity contribution in [3.63, 3.8) is 0 Å². The molecule has 0 aliphatic carbocycles. The summed E-state index contributed by atoms with van der Waals surface area (Å²) in [6.07, 6.45) is -0.555. The van der Waals surface area contributed by atoms with Crippen molar-refractivity contribution in [2.75, 3.05) is 27.3 Å². The van der Waals surface area contributed by atoms with Gasteiger partial charge < -0.3 is 14.6 Å². The topological polar surface area (TPSA) is 76.1 Å². The Labute approximate surface area is 132 Å². The average molecular weight is 380 g/mol. The Morgan fingerprint density at radius 3 is 2.29 bits per heavy atom. The molecule has 2 unspecified atom stereocenters. The van der Waals surface area contributed by atoms with Crippen molar-refractivity contribution in [3.8, 4) is 0 Å². The van der Waals surface area contributed by atoms with Crippen molar-refractivity contribution in [1.82, 2.24) is 4.31 Å². The van der Waals surface area contributed by atoms with Crippen LogP contribution in [0.15, 0.2) is 27.6 Å². The normalized spacial score (nSPS) is 23.6. The molecular formula is C13H18BrNO5S. The van der Waals surface area contributed by atoms with Crippen molar-refractivity contribution in [3.05, 3.63) is 28.2 Å². The summed E-state index contributed by atoms with van der Waals surface area (Å²) in [6, 6.07) is 4.69. The first kappa shape index (κ1) is 16.9. The van der Waals surface area contributed by atoms with E-state index < -0.39 is 10.0 Å². The fourth-order valence-electron chi connectivity index (χ4n) is 2.35. The molecule has 1 aliphatic rings. The van der Waals surface area contributed by atoms with E-state index in [1.54, 1.807) is 26.4 Å². The third-order valence-corrected chi connectivity index (χ3v) is 6.39. The second kappa shape index (κ2) is 6.72. The lowest BCUT2D eigenvalue weighted by molar-refractivity contribution is -0.00461. The molecule has 0 amide bonds. The maximum Gasteiger partial charge on any atom is 0.244 e. The highest BCUT2D eigenvalue weighted by Gasteiger charge is 2.40. The zero-order chi connectivity index (χ0) is 15.6. The van der Waals surface area contributed by atoms with Crippen LogP contribution in [-0.4, -0.2) is 57.3 Å². The van der Waals surface area contributed by atoms with E-state index >= 15 is 0 Å². The molecule has 21 heavy (non-hydrogen) atoms. The minimum absolute atomic E-state index is 0.139. The van der Waals surface area contributed by atoms with E-state index in [4.69, 9.17) is 14.6 Å². The van der Waals surface area contributed by atoms with Gasteiger partial charge in [0.05, 0.1) is 23.7 Å². The predicted octanol–water partition coefficient (Wildman–Crippen LogP) is 0.976. The Morgan fingerprint density at radius 1 is 1.29 bits per heavy atom. The number of hydrogen-bond acceptors (Lipinski definition) is 5. The summed E-state index contributed by atoms with van der Waals surface area (Å²) in [5, 5.41) is 9.09. The van der Waals surface area contributed by atoms with Crippen LogP contribution in [0.25, 0.3) is 0 Å². The largest absolute Gasteiger partial charge is 0.392 e. The minimum atomic E-state index is -3.64. The summed E-state index contributed by atoms with van der Waals surface area (Å²) in [5.74, 6) is 0. The van der Waals surface area contributed by atoms with E-state index in [9.17, 15) is 8.42 Å². The van der Waals surface area contributed by atoms with E-state index in [1.807, 2.05) is 0 Å². The summed E-state index contributed by atoms with van der Waals surface area (Å²) >= 11 is 3.26. The van der Waals surface area contributed by atoms with E-state index in [0.29, 0.717) is 10.0 Å². The molecule has 1 aliphatic heterocycles. The second-order valence-corrected chi connectivity index (χ2v) is 7.55. The van der Waals surface area contributed by atoms with Gasteiger partial charge in [-0.3, -0.25) is 0 Å². The fraction of sp³-hybridized carbons (Fsp3) is 0.538. The molecule has 0 radical (unpaired) electrons. The third-order valence-electron chi connectivity index (χ3n) is 3.58. The number of sulfonamides is 1. The van der Waals surface area contributed by atoms with Gasteiger partial charge in [-0.05, 0) is 33.6 Å². The molecule has 6 nitrogen and oxygen atoms in total. The molecule has 2 rings (SSSR count). The highest BCUT2D eigenvalue weighted by molar-refractivity contribution is 9.10. The highest BCUT2D eigenvalue weighted by Crippen LogP contribution is 2.29. The Kier molecular flexibility index (Phi) is 5.39. The highest BCUT2D eigenvalue weighted by atomic mass is 79.9. The Morgan fingerprint density at radius 2 is 1.86 bits per heavy atom. The van der Waals surface area contributed by atoms with Crippen LogP contribution < -0.4 is 0 Å². The van der Waals surface area contributed by atoms with Crippen LogP contribution in [0.5, 0.6) is 0 Å². The van der Waals surface area contributed by atoms with Gasteiger partial charge in [-0.15, -0.1) is 0 Å². The molecule has 0 bridgehead atoms. The van der Waals surface area contributed by atoms with Crippen LogP contribution in [0, 0.1) is 0 Å². The van der Waals surface area contributed by atoms with Crippen LogP contribution in [-0.2, 0) is 26.1 Å². The van der Waals surface area contributed by atoms with E-state index in [1.165, 1.54) is 10.4 Å². The van der Waals surface area contributed by atoms with E-state index in [-0.39, 0.29) is 36.8 Å². The number of rotatable bonds is 5. The molecule has 1 N–H and O–H groups in total. The molecule has 1 heterocycles. The van der Waals surface area contributed by atoms with Gasteiger partial charge in [-0.1, -0.05) is 6.07 Å². The van der Waals surface area contributed by atoms with Crippen molar-refractivity contribution < 1.29 is 23.0 Å². The summed E-state index contributed by atoms with van der Waals surface area (Å²) < 4.78 is 37.7. The first-order chi connectivity index (χ1) is 9.93. The van der Waals surface area contributed by atoms with Gasteiger partial charge in [0.25, 0.3) is 0 Å². The third kappa shape index (κ3) is 3.30. The number of hydrogen-bond donors (Lipinski definition) is 1. The first-order valence-electron chi connectivity index (χ1n) is 6.39. The number of halogens is 1. The zero-order valence-electron chi connectivity index (χ0n) is 11.8. The monoisotopic (exact) mass is 379 g/mol. The quantitative estimate of drug-likeness (QED) is 0.824. The Balaban J connectivity index is 2.31. The molecule has 1 aromatic rings. The summed E-state index contributed by atoms with van der Waals surface area (Å²) in [4.78, 5) is 0.173. The van der Waals surface area contributed by atoms with Crippen LogP contribution in [0.2, 0.25) is 0 Å². The summed E-state index contributed by atoms with van der Waals surface area (Å²) in [5.41, 5.74) is 0.645. The van der Waals surface area contributed by atoms with Gasteiger partial charge in [-0.2, -0.15) is 4.31 Å². The lowest BCUT2D eigenvalue weighted by Crippen LogP contribution is -2.30. The van der Waals surface area contributed by atoms with Crippen LogP contribution >= 0.6 is 15.9 Å². The van der Waals surface area contributed by atoms with Gasteiger partial charge in [0.1, 0.15) is 0 Å². The number of methoxy groups -OCH3 is 2. The average Bonchev–Trinajstić information content (AvgIpc) is 2.90. The molecule has 118 valence electrons. The summed E-state index contributed by atoms with van der Waals surface area (Å²) in [6.45, 7) is 0.372. The molecule has 1 aromatic carbocycles. The lowest BCUT2D eigenvalue weighted by atomic mass is 10.2. The predicted molar refractivity (Wildman–Crippen MR) is 80.4 cm³/mol. The molecule has 0 spiro atoms. The zero-order valence-corrected chi connectivity index (χ0v) is 14.2. The standard InChI is InChI=1S/C13H18BrNO5S/c1-19-11-6-15(7-12(11)20-2)21(17,18)13-4-3-9(8-16)5-10(13)14/h3-5,11-12,16H,6-8H2,1-2H3. The minimum Gasteiger partial charge on any atom is -0.392 e. The first-order valence-corrected chi connectivity index (χ1v) is 8.62. The number of nitrogens with zero attached hydrogens (tertiary/aromatic N) is 1. The lowest BCUT2D eigenvalue weighted by Gasteiger charge is -2.17. The van der Waals surface area contributed by atoms with Crippen LogP contribution in [0.3, 0.4) is 0 Å². The fourth-order valence-corrected chi connectivity index (χ4v) is 4.90. The second-order valence-electron chi connectivity index (χ2n) is 4.79. The molecule has 1 saturated heterocycles. The molecule has 8 heteroatoms. The molecule has 0 aromatic heterocycles. The number of benzene rings is 1. The molecular weight excluding hydrogens is 362 g/mol. The van der Waals surface area contributed by atoms with Crippen molar-refractivity contribution in [2.24, 2.45) is 0 Å². The maximum absolute atomic E-state index is 12.7. The van der Waals surface area contributed by atoms with Crippen molar-refractivity contribution in [2.45, 2.75) is 23.7 Å². The number of aliphatic hydroxyl groups is 1. The van der Waals surface area contributed by atoms with Gasteiger partial charge in [0.15, 0.2) is 0 Å². The van der Waals surface area contributed by atoms with Gasteiger partial charge in [0, 0.05) is 31.8 Å². The van der Waals surface area contributed by atoms with E-state index in [2.05, 4.69) is 15.9 Å². The van der Waals surface area contributed by atoms with Gasteiger partial charge >= 0.3 is 0 Å². The van der Waals surface area contributed by atoms with Gasteiger partial charge in [0.2, 0.25) is 10.0 Å².